The van der Waals surface area contributed by atoms with Gasteiger partial charge in [0.05, 0.1) is 18.4 Å². The van der Waals surface area contributed by atoms with E-state index >= 15 is 0 Å². The predicted octanol–water partition coefficient (Wildman–Crippen LogP) is 2.26. The zero-order chi connectivity index (χ0) is 17.7. The van der Waals surface area contributed by atoms with Crippen LogP contribution in [0.3, 0.4) is 0 Å². The smallest absolute Gasteiger partial charge is 0.209 e. The van der Waals surface area contributed by atoms with E-state index < -0.39 is 10.0 Å². The lowest BCUT2D eigenvalue weighted by Gasteiger charge is -2.34. The monoisotopic (exact) mass is 366 g/mol. The molecule has 140 valence electrons. The zero-order valence-corrected chi connectivity index (χ0v) is 15.8. The van der Waals surface area contributed by atoms with Crippen LogP contribution in [0.15, 0.2) is 30.3 Å². The van der Waals surface area contributed by atoms with Crippen molar-refractivity contribution < 1.29 is 13.2 Å². The summed E-state index contributed by atoms with van der Waals surface area (Å²) >= 11 is 0. The average molecular weight is 367 g/mol. The quantitative estimate of drug-likeness (QED) is 0.810. The van der Waals surface area contributed by atoms with Crippen LogP contribution < -0.4 is 10.0 Å². The molecule has 1 saturated heterocycles. The normalized spacial score (nSPS) is 30.9. The molecule has 2 N–H and O–H groups in total. The van der Waals surface area contributed by atoms with Gasteiger partial charge in [0, 0.05) is 13.2 Å². The van der Waals surface area contributed by atoms with Gasteiger partial charge in [0.1, 0.15) is 0 Å². The highest BCUT2D eigenvalue weighted by Crippen LogP contribution is 2.35. The molecule has 1 aliphatic carbocycles. The summed E-state index contributed by atoms with van der Waals surface area (Å²) in [4.78, 5) is 0. The van der Waals surface area contributed by atoms with E-state index in [1.165, 1.54) is 37.5 Å². The lowest BCUT2D eigenvalue weighted by molar-refractivity contribution is -0.00653. The molecule has 5 nitrogen and oxygen atoms in total. The fourth-order valence-electron chi connectivity index (χ4n) is 4.06. The van der Waals surface area contributed by atoms with Crippen LogP contribution in [0.25, 0.3) is 0 Å². The Bertz CT molecular complexity index is 627. The molecule has 2 atom stereocenters. The molecule has 0 aromatic heterocycles. The highest BCUT2D eigenvalue weighted by molar-refractivity contribution is 7.88. The minimum atomic E-state index is -3.20. The van der Waals surface area contributed by atoms with Crippen molar-refractivity contribution >= 4 is 10.0 Å². The van der Waals surface area contributed by atoms with Crippen molar-refractivity contribution in [2.45, 2.75) is 50.2 Å². The summed E-state index contributed by atoms with van der Waals surface area (Å²) in [7, 11) is -3.20. The maximum atomic E-state index is 11.5. The number of piperidine rings is 1. The summed E-state index contributed by atoms with van der Waals surface area (Å²) in [5, 5.41) is 3.31. The first kappa shape index (κ1) is 18.8. The van der Waals surface area contributed by atoms with Gasteiger partial charge in [-0.3, -0.25) is 0 Å². The van der Waals surface area contributed by atoms with Crippen LogP contribution in [0, 0.1) is 5.92 Å². The predicted molar refractivity (Wildman–Crippen MR) is 100 cm³/mol. The maximum absolute atomic E-state index is 11.5. The number of sulfonamides is 1. The molecule has 1 aromatic carbocycles. The minimum Gasteiger partial charge on any atom is -0.375 e. The third-order valence-electron chi connectivity index (χ3n) is 5.46. The Morgan fingerprint density at radius 2 is 1.84 bits per heavy atom. The lowest BCUT2D eigenvalue weighted by Crippen LogP contribution is -2.53. The van der Waals surface area contributed by atoms with Crippen LogP contribution in [-0.2, 0) is 14.8 Å². The zero-order valence-electron chi connectivity index (χ0n) is 15.0. The van der Waals surface area contributed by atoms with E-state index in [1.807, 2.05) is 0 Å². The molecule has 0 bridgehead atoms. The lowest BCUT2D eigenvalue weighted by atomic mass is 9.79. The van der Waals surface area contributed by atoms with Gasteiger partial charge in [-0.05, 0) is 56.0 Å². The molecule has 0 amide bonds. The van der Waals surface area contributed by atoms with Crippen LogP contribution in [0.5, 0.6) is 0 Å². The number of ether oxygens (including phenoxy) is 1. The van der Waals surface area contributed by atoms with Gasteiger partial charge in [-0.25, -0.2) is 13.1 Å². The maximum Gasteiger partial charge on any atom is 0.209 e. The fourth-order valence-corrected chi connectivity index (χ4v) is 4.88. The van der Waals surface area contributed by atoms with Gasteiger partial charge in [0.2, 0.25) is 10.0 Å². The summed E-state index contributed by atoms with van der Waals surface area (Å²) < 4.78 is 31.9. The van der Waals surface area contributed by atoms with E-state index in [4.69, 9.17) is 4.74 Å². The van der Waals surface area contributed by atoms with Crippen LogP contribution in [0.2, 0.25) is 0 Å². The summed E-state index contributed by atoms with van der Waals surface area (Å²) in [6.07, 6.45) is 6.72. The summed E-state index contributed by atoms with van der Waals surface area (Å²) in [5.41, 5.74) is 1.45. The van der Waals surface area contributed by atoms with Gasteiger partial charge in [0.15, 0.2) is 0 Å². The Hall–Kier alpha value is -0.950. The van der Waals surface area contributed by atoms with E-state index in [0.29, 0.717) is 18.4 Å². The number of benzene rings is 1. The molecular weight excluding hydrogens is 336 g/mol. The van der Waals surface area contributed by atoms with E-state index in [0.717, 1.165) is 19.6 Å². The molecule has 6 heteroatoms. The standard InChI is InChI=1S/C19H30N2O3S/c1-25(22,23)21-18-11-12-20-13-19(18)24-14-15-7-9-17(10-8-15)16-5-3-2-4-6-16/h2-6,15,17-21H,7-14H2,1H3/t15?,17?,18-,19-/m0/s1. The van der Waals surface area contributed by atoms with Gasteiger partial charge < -0.3 is 10.1 Å². The van der Waals surface area contributed by atoms with Crippen LogP contribution in [0.1, 0.15) is 43.6 Å². The molecule has 1 aromatic rings. The largest absolute Gasteiger partial charge is 0.375 e. The molecule has 1 aliphatic heterocycles. The van der Waals surface area contributed by atoms with Crippen molar-refractivity contribution in [1.82, 2.24) is 10.0 Å². The van der Waals surface area contributed by atoms with E-state index in [1.54, 1.807) is 0 Å². The van der Waals surface area contributed by atoms with Gasteiger partial charge in [-0.2, -0.15) is 0 Å². The fraction of sp³-hybridized carbons (Fsp3) is 0.684. The highest BCUT2D eigenvalue weighted by atomic mass is 32.2. The molecule has 0 radical (unpaired) electrons. The first-order chi connectivity index (χ1) is 12.0. The topological polar surface area (TPSA) is 67.4 Å². The van der Waals surface area contributed by atoms with Crippen molar-refractivity contribution in [3.8, 4) is 0 Å². The molecule has 1 saturated carbocycles. The Morgan fingerprint density at radius 1 is 1.12 bits per heavy atom. The first-order valence-electron chi connectivity index (χ1n) is 9.36. The third-order valence-corrected chi connectivity index (χ3v) is 6.19. The Labute approximate surface area is 151 Å². The number of nitrogens with one attached hydrogen (secondary N) is 2. The van der Waals surface area contributed by atoms with E-state index in [9.17, 15) is 8.42 Å². The van der Waals surface area contributed by atoms with Gasteiger partial charge in [-0.15, -0.1) is 0 Å². The van der Waals surface area contributed by atoms with E-state index in [2.05, 4.69) is 40.4 Å². The number of hydrogen-bond donors (Lipinski definition) is 2. The van der Waals surface area contributed by atoms with Gasteiger partial charge in [-0.1, -0.05) is 30.3 Å². The third kappa shape index (κ3) is 5.78. The van der Waals surface area contributed by atoms with Gasteiger partial charge >= 0.3 is 0 Å². The molecule has 25 heavy (non-hydrogen) atoms. The molecule has 2 fully saturated rings. The summed E-state index contributed by atoms with van der Waals surface area (Å²) in [6.45, 7) is 2.28. The van der Waals surface area contributed by atoms with Gasteiger partial charge in [0.25, 0.3) is 0 Å². The Morgan fingerprint density at radius 3 is 2.52 bits per heavy atom. The summed E-state index contributed by atoms with van der Waals surface area (Å²) in [5.74, 6) is 1.26. The first-order valence-corrected chi connectivity index (χ1v) is 11.2. The van der Waals surface area contributed by atoms with Crippen LogP contribution >= 0.6 is 0 Å². The molecular formula is C19H30N2O3S. The molecule has 0 spiro atoms. The van der Waals surface area contributed by atoms with Crippen molar-refractivity contribution in [3.05, 3.63) is 35.9 Å². The van der Waals surface area contributed by atoms with Crippen LogP contribution in [-0.4, -0.2) is 46.5 Å². The second-order valence-corrected chi connectivity index (χ2v) is 9.27. The number of rotatable bonds is 6. The van der Waals surface area contributed by atoms with Crippen molar-refractivity contribution in [3.63, 3.8) is 0 Å². The number of hydrogen-bond acceptors (Lipinski definition) is 4. The Balaban J connectivity index is 1.45. The molecule has 2 aliphatic rings. The van der Waals surface area contributed by atoms with Crippen LogP contribution in [0.4, 0.5) is 0 Å². The summed E-state index contributed by atoms with van der Waals surface area (Å²) in [6, 6.07) is 10.7. The Kier molecular flexibility index (Phi) is 6.49. The van der Waals surface area contributed by atoms with Crippen molar-refractivity contribution in [2.24, 2.45) is 5.92 Å². The highest BCUT2D eigenvalue weighted by Gasteiger charge is 2.29. The second kappa shape index (κ2) is 8.62. The van der Waals surface area contributed by atoms with Crippen molar-refractivity contribution in [1.29, 1.82) is 0 Å². The molecule has 3 rings (SSSR count). The minimum absolute atomic E-state index is 0.0738. The van der Waals surface area contributed by atoms with E-state index in [-0.39, 0.29) is 12.1 Å². The van der Waals surface area contributed by atoms with Crippen molar-refractivity contribution in [2.75, 3.05) is 26.0 Å². The molecule has 1 heterocycles. The SMILES string of the molecule is CS(=O)(=O)N[C@H]1CCNC[C@@H]1OCC1CCC(c2ccccc2)CC1. The second-order valence-electron chi connectivity index (χ2n) is 7.49. The average Bonchev–Trinajstić information content (AvgIpc) is 2.61. The molecule has 0 unspecified atom stereocenters.